The van der Waals surface area contributed by atoms with Gasteiger partial charge in [-0.15, -0.1) is 0 Å². The van der Waals surface area contributed by atoms with E-state index in [1.165, 1.54) is 16.1 Å². The average Bonchev–Trinajstić information content (AvgIpc) is 2.97. The van der Waals surface area contributed by atoms with Gasteiger partial charge in [-0.25, -0.2) is 8.42 Å². The highest BCUT2D eigenvalue weighted by molar-refractivity contribution is 7.89. The molecule has 1 aliphatic heterocycles. The van der Waals surface area contributed by atoms with Crippen LogP contribution in [-0.4, -0.2) is 48.7 Å². The van der Waals surface area contributed by atoms with E-state index in [0.29, 0.717) is 18.7 Å². The zero-order valence-electron chi connectivity index (χ0n) is 14.2. The van der Waals surface area contributed by atoms with Crippen LogP contribution in [0.4, 0.5) is 0 Å². The molecule has 1 aromatic rings. The number of carbonyl (C=O) groups is 1. The van der Waals surface area contributed by atoms with E-state index in [0.717, 1.165) is 0 Å². The fourth-order valence-corrected chi connectivity index (χ4v) is 6.18. The van der Waals surface area contributed by atoms with E-state index in [9.17, 15) is 13.2 Å². The molecule has 0 radical (unpaired) electrons. The number of nitrogens with zero attached hydrogens (tertiary/aromatic N) is 3. The van der Waals surface area contributed by atoms with Crippen molar-refractivity contribution in [3.63, 3.8) is 0 Å². The molecule has 0 unspecified atom stereocenters. The molecule has 1 aromatic heterocycles. The van der Waals surface area contributed by atoms with Crippen LogP contribution in [0.1, 0.15) is 26.0 Å². The maximum Gasteiger partial charge on any atom is 0.313 e. The van der Waals surface area contributed by atoms with Gasteiger partial charge in [-0.3, -0.25) is 9.48 Å². The summed E-state index contributed by atoms with van der Waals surface area (Å²) in [6, 6.07) is 1.56. The number of aromatic nitrogens is 2. The maximum absolute atomic E-state index is 13.0. The molecule has 1 saturated carbocycles. The monoisotopic (exact) mass is 341 g/mol. The van der Waals surface area contributed by atoms with Crippen molar-refractivity contribution in [1.29, 1.82) is 0 Å². The Kier molecular flexibility index (Phi) is 3.43. The van der Waals surface area contributed by atoms with Gasteiger partial charge in [-0.1, -0.05) is 13.8 Å². The molecule has 0 bridgehead atoms. The summed E-state index contributed by atoms with van der Waals surface area (Å²) in [6.07, 6.45) is 0.647. The molecule has 1 aliphatic carbocycles. The first-order valence-electron chi connectivity index (χ1n) is 7.64. The summed E-state index contributed by atoms with van der Waals surface area (Å²) in [4.78, 5) is 12.3. The molecule has 2 aliphatic rings. The second-order valence-corrected chi connectivity index (χ2v) is 9.30. The fraction of sp³-hybridized carbons (Fsp3) is 0.733. The highest BCUT2D eigenvalue weighted by Gasteiger charge is 2.68. The molecular formula is C15H23N3O4S. The standard InChI is InChI=1S/C15H23N3O4S/c1-10-6-12(17(4)16-10)23(20,21)18-7-11-14(2,3)8-15(11,9-18)13(19)22-5/h6,11H,7-9H2,1-5H3/t11-,15+/m1/s1. The van der Waals surface area contributed by atoms with Crippen LogP contribution in [0.2, 0.25) is 0 Å². The molecule has 1 saturated heterocycles. The van der Waals surface area contributed by atoms with Crippen molar-refractivity contribution in [1.82, 2.24) is 14.1 Å². The van der Waals surface area contributed by atoms with E-state index in [-0.39, 0.29) is 28.9 Å². The van der Waals surface area contributed by atoms with Gasteiger partial charge in [0.1, 0.15) is 0 Å². The molecule has 8 heteroatoms. The molecule has 0 amide bonds. The second-order valence-electron chi connectivity index (χ2n) is 7.41. The maximum atomic E-state index is 13.0. The van der Waals surface area contributed by atoms with Gasteiger partial charge >= 0.3 is 5.97 Å². The molecule has 0 aromatic carbocycles. The molecule has 0 spiro atoms. The molecule has 3 rings (SSSR count). The molecule has 2 fully saturated rings. The summed E-state index contributed by atoms with van der Waals surface area (Å²) >= 11 is 0. The van der Waals surface area contributed by atoms with Crippen LogP contribution in [-0.2, 0) is 26.6 Å². The van der Waals surface area contributed by atoms with Gasteiger partial charge < -0.3 is 4.74 Å². The first kappa shape index (κ1) is 16.4. The number of aryl methyl sites for hydroxylation is 2. The lowest BCUT2D eigenvalue weighted by Gasteiger charge is -2.54. The minimum Gasteiger partial charge on any atom is -0.469 e. The number of fused-ring (bicyclic) bond motifs is 1. The predicted octanol–water partition coefficient (Wildman–Crippen LogP) is 0.938. The third kappa shape index (κ3) is 2.15. The molecule has 0 N–H and O–H groups in total. The van der Waals surface area contributed by atoms with Gasteiger partial charge in [0.15, 0.2) is 5.03 Å². The quantitative estimate of drug-likeness (QED) is 0.764. The SMILES string of the molecule is COC(=O)[C@@]12CN(S(=O)(=O)c3cc(C)nn3C)C[C@@H]1C(C)(C)C2. The fourth-order valence-electron chi connectivity index (χ4n) is 4.47. The van der Waals surface area contributed by atoms with Crippen molar-refractivity contribution in [3.8, 4) is 0 Å². The van der Waals surface area contributed by atoms with Crippen molar-refractivity contribution in [3.05, 3.63) is 11.8 Å². The van der Waals surface area contributed by atoms with Crippen LogP contribution < -0.4 is 0 Å². The average molecular weight is 341 g/mol. The summed E-state index contributed by atoms with van der Waals surface area (Å²) < 4.78 is 33.7. The number of methoxy groups -OCH3 is 1. The Bertz CT molecular complexity index is 768. The lowest BCUT2D eigenvalue weighted by Crippen LogP contribution is -2.57. The Morgan fingerprint density at radius 3 is 2.57 bits per heavy atom. The summed E-state index contributed by atoms with van der Waals surface area (Å²) in [6.45, 7) is 6.42. The van der Waals surface area contributed by atoms with Crippen molar-refractivity contribution >= 4 is 16.0 Å². The first-order valence-corrected chi connectivity index (χ1v) is 9.08. The van der Waals surface area contributed by atoms with Crippen molar-refractivity contribution in [2.45, 2.75) is 32.2 Å². The van der Waals surface area contributed by atoms with Crippen LogP contribution in [0.25, 0.3) is 0 Å². The van der Waals surface area contributed by atoms with Gasteiger partial charge in [0, 0.05) is 20.1 Å². The number of rotatable bonds is 3. The Hall–Kier alpha value is -1.41. The van der Waals surface area contributed by atoms with Gasteiger partial charge in [0.05, 0.1) is 18.2 Å². The van der Waals surface area contributed by atoms with E-state index in [4.69, 9.17) is 4.74 Å². The van der Waals surface area contributed by atoms with Crippen LogP contribution in [0.5, 0.6) is 0 Å². The molecule has 2 atom stereocenters. The first-order chi connectivity index (χ1) is 10.5. The molecule has 23 heavy (non-hydrogen) atoms. The third-order valence-corrected chi connectivity index (χ3v) is 7.25. The Morgan fingerprint density at radius 1 is 1.43 bits per heavy atom. The highest BCUT2D eigenvalue weighted by atomic mass is 32.2. The Balaban J connectivity index is 1.97. The van der Waals surface area contributed by atoms with E-state index in [2.05, 4.69) is 18.9 Å². The normalized spacial score (nSPS) is 29.9. The minimum atomic E-state index is -3.68. The lowest BCUT2D eigenvalue weighted by molar-refractivity contribution is -0.174. The van der Waals surface area contributed by atoms with Crippen LogP contribution >= 0.6 is 0 Å². The Labute approximate surface area is 136 Å². The van der Waals surface area contributed by atoms with E-state index >= 15 is 0 Å². The summed E-state index contributed by atoms with van der Waals surface area (Å²) in [5.41, 5.74) is -0.129. The third-order valence-electron chi connectivity index (χ3n) is 5.38. The zero-order valence-corrected chi connectivity index (χ0v) is 15.0. The lowest BCUT2D eigenvalue weighted by atomic mass is 9.48. The molecular weight excluding hydrogens is 318 g/mol. The van der Waals surface area contributed by atoms with Crippen molar-refractivity contribution in [2.24, 2.45) is 23.8 Å². The van der Waals surface area contributed by atoms with Crippen LogP contribution in [0.15, 0.2) is 11.1 Å². The Morgan fingerprint density at radius 2 is 2.09 bits per heavy atom. The summed E-state index contributed by atoms with van der Waals surface area (Å²) in [5, 5.41) is 4.28. The van der Waals surface area contributed by atoms with Gasteiger partial charge in [-0.2, -0.15) is 9.40 Å². The van der Waals surface area contributed by atoms with Gasteiger partial charge in [-0.05, 0) is 30.7 Å². The summed E-state index contributed by atoms with van der Waals surface area (Å²) in [7, 11) is -0.701. The highest BCUT2D eigenvalue weighted by Crippen LogP contribution is 2.63. The zero-order chi connectivity index (χ0) is 17.2. The van der Waals surface area contributed by atoms with E-state index in [1.54, 1.807) is 20.0 Å². The molecule has 2 heterocycles. The topological polar surface area (TPSA) is 81.5 Å². The molecule has 7 nitrogen and oxygen atoms in total. The van der Waals surface area contributed by atoms with Crippen molar-refractivity contribution in [2.75, 3.05) is 20.2 Å². The number of hydrogen-bond acceptors (Lipinski definition) is 5. The number of hydrogen-bond donors (Lipinski definition) is 0. The number of esters is 1. The second kappa shape index (κ2) is 4.80. The predicted molar refractivity (Wildman–Crippen MR) is 83.0 cm³/mol. The summed E-state index contributed by atoms with van der Waals surface area (Å²) in [5.74, 6) is -0.327. The smallest absolute Gasteiger partial charge is 0.313 e. The van der Waals surface area contributed by atoms with Crippen LogP contribution in [0.3, 0.4) is 0 Å². The number of sulfonamides is 1. The number of ether oxygens (including phenoxy) is 1. The van der Waals surface area contributed by atoms with E-state index in [1.807, 2.05) is 0 Å². The van der Waals surface area contributed by atoms with Crippen molar-refractivity contribution < 1.29 is 17.9 Å². The van der Waals surface area contributed by atoms with Gasteiger partial charge in [0.25, 0.3) is 10.0 Å². The van der Waals surface area contributed by atoms with E-state index < -0.39 is 15.4 Å². The molecule has 128 valence electrons. The number of carbonyl (C=O) groups excluding carboxylic acids is 1. The minimum absolute atomic E-state index is 0.0217. The van der Waals surface area contributed by atoms with Crippen LogP contribution in [0, 0.1) is 23.7 Å². The largest absolute Gasteiger partial charge is 0.469 e. The van der Waals surface area contributed by atoms with Gasteiger partial charge in [0.2, 0.25) is 0 Å².